The maximum Gasteiger partial charge on any atom is 0.247 e. The van der Waals surface area contributed by atoms with Crippen molar-refractivity contribution in [2.24, 2.45) is 0 Å². The number of carbonyl (C=O) groups excluding carboxylic acids is 1. The number of rotatable bonds is 0. The van der Waals surface area contributed by atoms with Crippen molar-refractivity contribution in [1.29, 1.82) is 0 Å². The van der Waals surface area contributed by atoms with Gasteiger partial charge in [0.15, 0.2) is 0 Å². The number of carbonyl (C=O) groups is 1. The van der Waals surface area contributed by atoms with Gasteiger partial charge in [0.05, 0.1) is 0 Å². The van der Waals surface area contributed by atoms with Crippen molar-refractivity contribution >= 4 is 5.91 Å². The molecule has 54 valence electrons. The molecule has 0 atom stereocenters. The molecule has 0 bridgehead atoms. The third-order valence-electron chi connectivity index (χ3n) is 2.05. The summed E-state index contributed by atoms with van der Waals surface area (Å²) in [6.45, 7) is 2.61. The SMILES string of the molecule is O=C1NCC2=C1CCNC2. The highest BCUT2D eigenvalue weighted by Gasteiger charge is 2.23. The van der Waals surface area contributed by atoms with Crippen LogP contribution in [0.15, 0.2) is 11.1 Å². The van der Waals surface area contributed by atoms with E-state index in [0.29, 0.717) is 0 Å². The zero-order valence-electron chi connectivity index (χ0n) is 5.74. The van der Waals surface area contributed by atoms with Crippen LogP contribution in [0.2, 0.25) is 0 Å². The highest BCUT2D eigenvalue weighted by Crippen LogP contribution is 2.16. The summed E-state index contributed by atoms with van der Waals surface area (Å²) in [6, 6.07) is 0. The summed E-state index contributed by atoms with van der Waals surface area (Å²) < 4.78 is 0. The van der Waals surface area contributed by atoms with Gasteiger partial charge in [0, 0.05) is 18.7 Å². The molecule has 1 amide bonds. The molecule has 3 heteroatoms. The van der Waals surface area contributed by atoms with E-state index in [4.69, 9.17) is 0 Å². The lowest BCUT2D eigenvalue weighted by Gasteiger charge is -2.12. The first-order valence-corrected chi connectivity index (χ1v) is 3.58. The van der Waals surface area contributed by atoms with Gasteiger partial charge in [-0.3, -0.25) is 4.79 Å². The van der Waals surface area contributed by atoms with E-state index < -0.39 is 0 Å². The van der Waals surface area contributed by atoms with Gasteiger partial charge in [-0.1, -0.05) is 0 Å². The van der Waals surface area contributed by atoms with Gasteiger partial charge in [-0.05, 0) is 18.5 Å². The van der Waals surface area contributed by atoms with Crippen LogP contribution in [0.3, 0.4) is 0 Å². The Bertz CT molecular complexity index is 208. The van der Waals surface area contributed by atoms with Crippen molar-refractivity contribution in [2.75, 3.05) is 19.6 Å². The minimum absolute atomic E-state index is 0.150. The second kappa shape index (κ2) is 2.09. The second-order valence-corrected chi connectivity index (χ2v) is 2.69. The smallest absolute Gasteiger partial charge is 0.247 e. The Kier molecular flexibility index (Phi) is 1.24. The summed E-state index contributed by atoms with van der Waals surface area (Å²) in [7, 11) is 0. The van der Waals surface area contributed by atoms with Crippen LogP contribution >= 0.6 is 0 Å². The van der Waals surface area contributed by atoms with E-state index in [-0.39, 0.29) is 5.91 Å². The van der Waals surface area contributed by atoms with Gasteiger partial charge in [-0.15, -0.1) is 0 Å². The van der Waals surface area contributed by atoms with E-state index in [1.807, 2.05) is 0 Å². The lowest BCUT2D eigenvalue weighted by atomic mass is 10.0. The van der Waals surface area contributed by atoms with Crippen LogP contribution in [0.5, 0.6) is 0 Å². The average Bonchev–Trinajstić information content (AvgIpc) is 2.34. The summed E-state index contributed by atoms with van der Waals surface area (Å²) in [4.78, 5) is 11.0. The molecule has 0 aromatic heterocycles. The Balaban J connectivity index is 2.29. The van der Waals surface area contributed by atoms with Gasteiger partial charge >= 0.3 is 0 Å². The molecule has 3 nitrogen and oxygen atoms in total. The second-order valence-electron chi connectivity index (χ2n) is 2.69. The van der Waals surface area contributed by atoms with Crippen molar-refractivity contribution in [3.05, 3.63) is 11.1 Å². The van der Waals surface area contributed by atoms with Gasteiger partial charge < -0.3 is 10.6 Å². The van der Waals surface area contributed by atoms with Crippen molar-refractivity contribution in [3.8, 4) is 0 Å². The third kappa shape index (κ3) is 0.743. The number of amides is 1. The molecular formula is C7H10N2O. The molecular weight excluding hydrogens is 128 g/mol. The molecule has 0 spiro atoms. The summed E-state index contributed by atoms with van der Waals surface area (Å²) in [6.07, 6.45) is 0.904. The fraction of sp³-hybridized carbons (Fsp3) is 0.571. The Labute approximate surface area is 59.5 Å². The van der Waals surface area contributed by atoms with Crippen LogP contribution in [-0.2, 0) is 4.79 Å². The monoisotopic (exact) mass is 138 g/mol. The number of hydrogen-bond acceptors (Lipinski definition) is 2. The van der Waals surface area contributed by atoms with Crippen LogP contribution in [0.4, 0.5) is 0 Å². The van der Waals surface area contributed by atoms with E-state index in [2.05, 4.69) is 10.6 Å². The molecule has 0 saturated carbocycles. The van der Waals surface area contributed by atoms with Crippen LogP contribution < -0.4 is 10.6 Å². The largest absolute Gasteiger partial charge is 0.348 e. The van der Waals surface area contributed by atoms with Crippen LogP contribution in [0.25, 0.3) is 0 Å². The van der Waals surface area contributed by atoms with Gasteiger partial charge in [0.2, 0.25) is 5.91 Å². The highest BCUT2D eigenvalue weighted by atomic mass is 16.1. The minimum atomic E-state index is 0.150. The first kappa shape index (κ1) is 5.92. The molecule has 2 N–H and O–H groups in total. The topological polar surface area (TPSA) is 41.1 Å². The zero-order valence-corrected chi connectivity index (χ0v) is 5.74. The van der Waals surface area contributed by atoms with Crippen molar-refractivity contribution in [3.63, 3.8) is 0 Å². The summed E-state index contributed by atoms with van der Waals surface area (Å²) >= 11 is 0. The zero-order chi connectivity index (χ0) is 6.97. The summed E-state index contributed by atoms with van der Waals surface area (Å²) in [5.41, 5.74) is 2.29. The van der Waals surface area contributed by atoms with Crippen LogP contribution in [0, 0.1) is 0 Å². The van der Waals surface area contributed by atoms with Gasteiger partial charge in [-0.25, -0.2) is 0 Å². The molecule has 0 radical (unpaired) electrons. The molecule has 0 fully saturated rings. The van der Waals surface area contributed by atoms with E-state index >= 15 is 0 Å². The van der Waals surface area contributed by atoms with Crippen molar-refractivity contribution in [1.82, 2.24) is 10.6 Å². The Hall–Kier alpha value is -0.830. The molecule has 0 saturated heterocycles. The van der Waals surface area contributed by atoms with Crippen LogP contribution in [-0.4, -0.2) is 25.5 Å². The Morgan fingerprint density at radius 1 is 1.30 bits per heavy atom. The van der Waals surface area contributed by atoms with Gasteiger partial charge in [-0.2, -0.15) is 0 Å². The molecule has 2 aliphatic heterocycles. The molecule has 0 aromatic carbocycles. The Morgan fingerprint density at radius 2 is 2.20 bits per heavy atom. The van der Waals surface area contributed by atoms with E-state index in [0.717, 1.165) is 31.6 Å². The van der Waals surface area contributed by atoms with E-state index in [1.54, 1.807) is 0 Å². The van der Waals surface area contributed by atoms with E-state index in [9.17, 15) is 4.79 Å². The predicted octanol–water partition coefficient (Wildman–Crippen LogP) is -0.594. The van der Waals surface area contributed by atoms with Crippen molar-refractivity contribution < 1.29 is 4.79 Å². The first-order chi connectivity index (χ1) is 4.88. The average molecular weight is 138 g/mol. The molecule has 0 aromatic rings. The molecule has 2 rings (SSSR count). The maximum absolute atomic E-state index is 11.0. The highest BCUT2D eigenvalue weighted by molar-refractivity contribution is 5.97. The van der Waals surface area contributed by atoms with Gasteiger partial charge in [0.1, 0.15) is 0 Å². The molecule has 0 unspecified atom stereocenters. The quantitative estimate of drug-likeness (QED) is 0.469. The Morgan fingerprint density at radius 3 is 3.00 bits per heavy atom. The normalized spacial score (nSPS) is 24.6. The van der Waals surface area contributed by atoms with Gasteiger partial charge in [0.25, 0.3) is 0 Å². The summed E-state index contributed by atoms with van der Waals surface area (Å²) in [5, 5.41) is 6.04. The lowest BCUT2D eigenvalue weighted by molar-refractivity contribution is -0.116. The minimum Gasteiger partial charge on any atom is -0.348 e. The molecule has 2 aliphatic rings. The van der Waals surface area contributed by atoms with Crippen LogP contribution in [0.1, 0.15) is 6.42 Å². The predicted molar refractivity (Wildman–Crippen MR) is 37.5 cm³/mol. The summed E-state index contributed by atoms with van der Waals surface area (Å²) in [5.74, 6) is 0.150. The first-order valence-electron chi connectivity index (χ1n) is 3.58. The standard InChI is InChI=1S/C7H10N2O/c10-7-6-1-2-8-3-5(6)4-9-7/h8H,1-4H2,(H,9,10). The fourth-order valence-corrected chi connectivity index (χ4v) is 1.47. The van der Waals surface area contributed by atoms with Crippen molar-refractivity contribution in [2.45, 2.75) is 6.42 Å². The number of nitrogens with one attached hydrogen (secondary N) is 2. The fourth-order valence-electron chi connectivity index (χ4n) is 1.47. The number of hydrogen-bond donors (Lipinski definition) is 2. The molecule has 0 aliphatic carbocycles. The molecule has 2 heterocycles. The third-order valence-corrected chi connectivity index (χ3v) is 2.05. The van der Waals surface area contributed by atoms with E-state index in [1.165, 1.54) is 5.57 Å². The lowest BCUT2D eigenvalue weighted by Crippen LogP contribution is -2.25. The maximum atomic E-state index is 11.0. The molecule has 10 heavy (non-hydrogen) atoms.